The monoisotopic (exact) mass is 289 g/mol. The number of nitrogens with one attached hydrogen (secondary N) is 1. The zero-order chi connectivity index (χ0) is 15.2. The van der Waals surface area contributed by atoms with Crippen LogP contribution in [0.2, 0.25) is 0 Å². The van der Waals surface area contributed by atoms with Gasteiger partial charge < -0.3 is 0 Å². The maximum absolute atomic E-state index is 12.4. The van der Waals surface area contributed by atoms with Crippen molar-refractivity contribution in [1.29, 1.82) is 0 Å². The molecule has 1 amide bonds. The van der Waals surface area contributed by atoms with Crippen molar-refractivity contribution in [2.45, 2.75) is 46.6 Å². The van der Waals surface area contributed by atoms with E-state index in [0.717, 1.165) is 18.4 Å². The van der Waals surface area contributed by atoms with Gasteiger partial charge in [-0.3, -0.25) is 9.63 Å². The largest absolute Gasteiger partial charge is 0.272 e. The van der Waals surface area contributed by atoms with Crippen molar-refractivity contribution in [2.75, 3.05) is 0 Å². The summed E-state index contributed by atoms with van der Waals surface area (Å²) in [6.07, 6.45) is 3.36. The molecular weight excluding hydrogens is 262 g/mol. The smallest absolute Gasteiger partial charge is 0.246 e. The number of benzene rings is 1. The van der Waals surface area contributed by atoms with E-state index in [1.807, 2.05) is 30.3 Å². The third-order valence-electron chi connectivity index (χ3n) is 4.61. The summed E-state index contributed by atoms with van der Waals surface area (Å²) in [4.78, 5) is 17.8. The molecule has 3 heteroatoms. The lowest BCUT2D eigenvalue weighted by Gasteiger charge is -2.36. The molecule has 1 fully saturated rings. The van der Waals surface area contributed by atoms with Gasteiger partial charge in [0.2, 0.25) is 5.91 Å². The highest BCUT2D eigenvalue weighted by Gasteiger charge is 2.35. The molecular formula is C18H27NO2. The Labute approximate surface area is 128 Å². The number of hydrogen-bond acceptors (Lipinski definition) is 2. The second kappa shape index (κ2) is 7.60. The molecule has 0 spiro atoms. The van der Waals surface area contributed by atoms with Crippen LogP contribution in [0, 0.1) is 23.7 Å². The summed E-state index contributed by atoms with van der Waals surface area (Å²) >= 11 is 0. The third kappa shape index (κ3) is 4.57. The van der Waals surface area contributed by atoms with E-state index in [-0.39, 0.29) is 11.8 Å². The van der Waals surface area contributed by atoms with E-state index >= 15 is 0 Å². The van der Waals surface area contributed by atoms with Gasteiger partial charge in [0.15, 0.2) is 0 Å². The minimum atomic E-state index is 0.0520. The lowest BCUT2D eigenvalue weighted by atomic mass is 9.70. The molecule has 1 N–H and O–H groups in total. The Balaban J connectivity index is 1.85. The normalized spacial score (nSPS) is 25.8. The molecule has 2 rings (SSSR count). The highest BCUT2D eigenvalue weighted by Crippen LogP contribution is 2.38. The van der Waals surface area contributed by atoms with E-state index < -0.39 is 0 Å². The topological polar surface area (TPSA) is 38.3 Å². The summed E-state index contributed by atoms with van der Waals surface area (Å²) in [7, 11) is 0. The molecule has 1 aliphatic rings. The summed E-state index contributed by atoms with van der Waals surface area (Å²) in [5.41, 5.74) is 3.73. The number of hydroxylamine groups is 1. The minimum absolute atomic E-state index is 0.0520. The van der Waals surface area contributed by atoms with Gasteiger partial charge in [-0.05, 0) is 36.2 Å². The number of rotatable bonds is 5. The van der Waals surface area contributed by atoms with Gasteiger partial charge >= 0.3 is 0 Å². The van der Waals surface area contributed by atoms with Gasteiger partial charge in [-0.25, -0.2) is 5.48 Å². The molecule has 0 bridgehead atoms. The van der Waals surface area contributed by atoms with E-state index in [4.69, 9.17) is 4.84 Å². The van der Waals surface area contributed by atoms with Gasteiger partial charge in [0.25, 0.3) is 0 Å². The van der Waals surface area contributed by atoms with Gasteiger partial charge in [0, 0.05) is 5.92 Å². The van der Waals surface area contributed by atoms with Crippen molar-refractivity contribution in [1.82, 2.24) is 5.48 Å². The molecule has 1 aromatic rings. The lowest BCUT2D eigenvalue weighted by molar-refractivity contribution is -0.143. The average Bonchev–Trinajstić information content (AvgIpc) is 2.47. The number of amides is 1. The lowest BCUT2D eigenvalue weighted by Crippen LogP contribution is -2.40. The van der Waals surface area contributed by atoms with Gasteiger partial charge in [-0.2, -0.15) is 0 Å². The Morgan fingerprint density at radius 3 is 2.67 bits per heavy atom. The van der Waals surface area contributed by atoms with Gasteiger partial charge in [0.1, 0.15) is 0 Å². The SMILES string of the molecule is CC(C)[C@@H]1CC[C@@H](C)C[C@H]1C(=O)NOCc1ccccc1. The molecule has 21 heavy (non-hydrogen) atoms. The number of carbonyl (C=O) groups is 1. The molecule has 116 valence electrons. The van der Waals surface area contributed by atoms with Crippen molar-refractivity contribution in [3.05, 3.63) is 35.9 Å². The third-order valence-corrected chi connectivity index (χ3v) is 4.61. The van der Waals surface area contributed by atoms with E-state index in [1.165, 1.54) is 6.42 Å². The van der Waals surface area contributed by atoms with Crippen LogP contribution in [0.15, 0.2) is 30.3 Å². The highest BCUT2D eigenvalue weighted by molar-refractivity contribution is 5.78. The first-order valence-corrected chi connectivity index (χ1v) is 8.03. The fourth-order valence-corrected chi connectivity index (χ4v) is 3.34. The van der Waals surface area contributed by atoms with Crippen LogP contribution in [0.25, 0.3) is 0 Å². The Kier molecular flexibility index (Phi) is 5.80. The predicted molar refractivity (Wildman–Crippen MR) is 84.2 cm³/mol. The number of carbonyl (C=O) groups excluding carboxylic acids is 1. The average molecular weight is 289 g/mol. The van der Waals surface area contributed by atoms with E-state index in [0.29, 0.717) is 24.4 Å². The Morgan fingerprint density at radius 2 is 2.00 bits per heavy atom. The van der Waals surface area contributed by atoms with E-state index in [1.54, 1.807) is 0 Å². The molecule has 3 atom stereocenters. The van der Waals surface area contributed by atoms with Gasteiger partial charge in [-0.1, -0.05) is 57.5 Å². The Bertz CT molecular complexity index is 444. The summed E-state index contributed by atoms with van der Waals surface area (Å²) in [6.45, 7) is 7.08. The van der Waals surface area contributed by atoms with Gasteiger partial charge in [-0.15, -0.1) is 0 Å². The second-order valence-corrected chi connectivity index (χ2v) is 6.67. The maximum Gasteiger partial charge on any atom is 0.246 e. The van der Waals surface area contributed by atoms with Crippen LogP contribution < -0.4 is 5.48 Å². The first-order chi connectivity index (χ1) is 10.1. The summed E-state index contributed by atoms with van der Waals surface area (Å²) in [5, 5.41) is 0. The van der Waals surface area contributed by atoms with Crippen LogP contribution >= 0.6 is 0 Å². The first-order valence-electron chi connectivity index (χ1n) is 8.03. The Morgan fingerprint density at radius 1 is 1.29 bits per heavy atom. The van der Waals surface area contributed by atoms with E-state index in [9.17, 15) is 4.79 Å². The fourth-order valence-electron chi connectivity index (χ4n) is 3.34. The molecule has 1 saturated carbocycles. The van der Waals surface area contributed by atoms with Crippen LogP contribution in [-0.4, -0.2) is 5.91 Å². The fraction of sp³-hybridized carbons (Fsp3) is 0.611. The molecule has 0 saturated heterocycles. The minimum Gasteiger partial charge on any atom is -0.272 e. The maximum atomic E-state index is 12.4. The molecule has 0 aromatic heterocycles. The van der Waals surface area contributed by atoms with Crippen LogP contribution in [0.3, 0.4) is 0 Å². The number of hydrogen-bond donors (Lipinski definition) is 1. The summed E-state index contributed by atoms with van der Waals surface area (Å²) in [6, 6.07) is 9.90. The van der Waals surface area contributed by atoms with Crippen molar-refractivity contribution in [3.63, 3.8) is 0 Å². The van der Waals surface area contributed by atoms with E-state index in [2.05, 4.69) is 26.3 Å². The van der Waals surface area contributed by atoms with Crippen LogP contribution in [-0.2, 0) is 16.2 Å². The molecule has 0 unspecified atom stereocenters. The highest BCUT2D eigenvalue weighted by atomic mass is 16.6. The van der Waals surface area contributed by atoms with Crippen molar-refractivity contribution < 1.29 is 9.63 Å². The second-order valence-electron chi connectivity index (χ2n) is 6.67. The molecule has 0 aliphatic heterocycles. The van der Waals surface area contributed by atoms with Gasteiger partial charge in [0.05, 0.1) is 6.61 Å². The Hall–Kier alpha value is -1.35. The van der Waals surface area contributed by atoms with Crippen molar-refractivity contribution in [2.24, 2.45) is 23.7 Å². The molecule has 1 aliphatic carbocycles. The van der Waals surface area contributed by atoms with Crippen LogP contribution in [0.1, 0.15) is 45.6 Å². The standard InChI is InChI=1S/C18H27NO2/c1-13(2)16-10-9-14(3)11-17(16)18(20)19-21-12-15-7-5-4-6-8-15/h4-8,13-14,16-17H,9-12H2,1-3H3,(H,19,20)/t14-,16+,17-/m1/s1. The molecule has 1 aromatic carbocycles. The quantitative estimate of drug-likeness (QED) is 0.834. The molecule has 0 radical (unpaired) electrons. The zero-order valence-corrected chi connectivity index (χ0v) is 13.3. The first kappa shape index (κ1) is 16.0. The summed E-state index contributed by atoms with van der Waals surface area (Å²) < 4.78 is 0. The van der Waals surface area contributed by atoms with Crippen molar-refractivity contribution >= 4 is 5.91 Å². The molecule has 3 nitrogen and oxygen atoms in total. The van der Waals surface area contributed by atoms with Crippen LogP contribution in [0.5, 0.6) is 0 Å². The van der Waals surface area contributed by atoms with Crippen molar-refractivity contribution in [3.8, 4) is 0 Å². The predicted octanol–water partition coefficient (Wildman–Crippen LogP) is 3.94. The zero-order valence-electron chi connectivity index (χ0n) is 13.3. The van der Waals surface area contributed by atoms with Crippen LogP contribution in [0.4, 0.5) is 0 Å². The molecule has 0 heterocycles. The summed E-state index contributed by atoms with van der Waals surface area (Å²) in [5.74, 6) is 1.79.